The van der Waals surface area contributed by atoms with Gasteiger partial charge in [0.05, 0.1) is 5.69 Å². The van der Waals surface area contributed by atoms with Gasteiger partial charge in [-0.1, -0.05) is 45.9 Å². The number of benzene rings is 1. The van der Waals surface area contributed by atoms with Gasteiger partial charge in [-0.05, 0) is 61.5 Å². The Morgan fingerprint density at radius 3 is 2.58 bits per heavy atom. The number of imidazole rings is 1. The fourth-order valence-electron chi connectivity index (χ4n) is 5.08. The third kappa shape index (κ3) is 4.87. The van der Waals surface area contributed by atoms with Gasteiger partial charge in [0, 0.05) is 17.9 Å². The molecule has 0 spiro atoms. The molecule has 0 atom stereocenters. The highest BCUT2D eigenvalue weighted by Gasteiger charge is 2.32. The van der Waals surface area contributed by atoms with Crippen molar-refractivity contribution in [2.45, 2.75) is 78.6 Å². The third-order valence-corrected chi connectivity index (χ3v) is 7.08. The number of aliphatic carboxylic acids is 1. The second-order valence-corrected chi connectivity index (χ2v) is 10.3. The fourth-order valence-corrected chi connectivity index (χ4v) is 5.08. The fraction of sp³-hybridized carbons (Fsp3) is 0.538. The predicted molar refractivity (Wildman–Crippen MR) is 129 cm³/mol. The van der Waals surface area contributed by atoms with Crippen molar-refractivity contribution in [1.29, 1.82) is 0 Å². The molecule has 2 heterocycles. The zero-order valence-corrected chi connectivity index (χ0v) is 20.0. The Balaban J connectivity index is 1.72. The first kappa shape index (κ1) is 23.2. The summed E-state index contributed by atoms with van der Waals surface area (Å²) in [5, 5.41) is 13.8. The van der Waals surface area contributed by atoms with E-state index in [0.717, 1.165) is 48.3 Å². The standard InChI is InChI=1S/C26H34N4O3/c1-5-20-22-25(33)28-23(18-8-6-7-16(15-18)9-14-21(31)32)29-30(22)24(27-20)17-10-12-19(13-11-17)26(2,3)4/h6-8,15,17,19H,5,9-14H2,1-4H3,(H,31,32)(H,28,29,33)/t17-,19+. The quantitative estimate of drug-likeness (QED) is 0.551. The molecule has 2 aromatic heterocycles. The molecule has 0 unspecified atom stereocenters. The third-order valence-electron chi connectivity index (χ3n) is 7.08. The Morgan fingerprint density at radius 1 is 1.21 bits per heavy atom. The van der Waals surface area contributed by atoms with Crippen LogP contribution in [0.1, 0.15) is 82.8 Å². The van der Waals surface area contributed by atoms with E-state index in [1.54, 1.807) is 4.52 Å². The number of hydrogen-bond donors (Lipinski definition) is 2. The van der Waals surface area contributed by atoms with Gasteiger partial charge >= 0.3 is 5.97 Å². The van der Waals surface area contributed by atoms with Gasteiger partial charge in [-0.25, -0.2) is 9.50 Å². The van der Waals surface area contributed by atoms with Crippen LogP contribution in [0.25, 0.3) is 16.9 Å². The SMILES string of the molecule is CCc1nc([C@H]2CC[C@@H](C(C)(C)C)CC2)n2nc(-c3cccc(CCC(=O)O)c3)[nH]c(=O)c12. The molecule has 176 valence electrons. The van der Waals surface area contributed by atoms with E-state index >= 15 is 0 Å². The molecular formula is C26H34N4O3. The van der Waals surface area contributed by atoms with E-state index in [1.165, 1.54) is 0 Å². The molecular weight excluding hydrogens is 416 g/mol. The molecule has 0 aliphatic heterocycles. The molecule has 3 aromatic rings. The van der Waals surface area contributed by atoms with Gasteiger partial charge in [-0.2, -0.15) is 0 Å². The number of rotatable bonds is 6. The van der Waals surface area contributed by atoms with Gasteiger partial charge in [0.15, 0.2) is 11.3 Å². The number of hydrogen-bond acceptors (Lipinski definition) is 4. The maximum atomic E-state index is 13.1. The first-order valence-electron chi connectivity index (χ1n) is 12.0. The lowest BCUT2D eigenvalue weighted by molar-refractivity contribution is -0.136. The maximum absolute atomic E-state index is 13.1. The average Bonchev–Trinajstić information content (AvgIpc) is 3.17. The highest BCUT2D eigenvalue weighted by molar-refractivity contribution is 5.67. The molecule has 0 radical (unpaired) electrons. The molecule has 7 heteroatoms. The summed E-state index contributed by atoms with van der Waals surface area (Å²) < 4.78 is 1.78. The molecule has 1 fully saturated rings. The van der Waals surface area contributed by atoms with Crippen molar-refractivity contribution >= 4 is 11.5 Å². The minimum atomic E-state index is -0.829. The molecule has 1 saturated carbocycles. The van der Waals surface area contributed by atoms with Crippen molar-refractivity contribution in [3.8, 4) is 11.4 Å². The molecule has 1 aliphatic rings. The second kappa shape index (κ2) is 9.12. The van der Waals surface area contributed by atoms with Gasteiger partial charge < -0.3 is 10.1 Å². The second-order valence-electron chi connectivity index (χ2n) is 10.3. The molecule has 4 rings (SSSR count). The summed E-state index contributed by atoms with van der Waals surface area (Å²) in [6, 6.07) is 7.56. The Hall–Kier alpha value is -2.96. The lowest BCUT2D eigenvalue weighted by atomic mass is 9.70. The molecule has 0 bridgehead atoms. The highest BCUT2D eigenvalue weighted by Crippen LogP contribution is 2.43. The summed E-state index contributed by atoms with van der Waals surface area (Å²) in [6.07, 6.45) is 5.60. The first-order chi connectivity index (χ1) is 15.7. The number of aromatic nitrogens is 4. The van der Waals surface area contributed by atoms with Crippen molar-refractivity contribution < 1.29 is 9.90 Å². The largest absolute Gasteiger partial charge is 0.481 e. The van der Waals surface area contributed by atoms with Crippen LogP contribution < -0.4 is 5.56 Å². The Bertz CT molecular complexity index is 1210. The van der Waals surface area contributed by atoms with Crippen LogP contribution in [-0.2, 0) is 17.6 Å². The smallest absolute Gasteiger partial charge is 0.303 e. The Labute approximate surface area is 194 Å². The monoisotopic (exact) mass is 450 g/mol. The number of carboxylic acid groups (broad SMARTS) is 1. The van der Waals surface area contributed by atoms with Gasteiger partial charge in [0.25, 0.3) is 5.56 Å². The number of aromatic amines is 1. The number of carbonyl (C=O) groups is 1. The van der Waals surface area contributed by atoms with Crippen molar-refractivity contribution in [3.05, 3.63) is 51.7 Å². The van der Waals surface area contributed by atoms with E-state index in [-0.39, 0.29) is 12.0 Å². The van der Waals surface area contributed by atoms with E-state index in [9.17, 15) is 9.59 Å². The van der Waals surface area contributed by atoms with E-state index in [1.807, 2.05) is 31.2 Å². The summed E-state index contributed by atoms with van der Waals surface area (Å²) in [7, 11) is 0. The number of carboxylic acids is 1. The van der Waals surface area contributed by atoms with Crippen LogP contribution in [0.15, 0.2) is 29.1 Å². The first-order valence-corrected chi connectivity index (χ1v) is 12.0. The van der Waals surface area contributed by atoms with Crippen molar-refractivity contribution in [1.82, 2.24) is 19.6 Å². The summed E-state index contributed by atoms with van der Waals surface area (Å²) in [5.74, 6) is 1.54. The molecule has 33 heavy (non-hydrogen) atoms. The van der Waals surface area contributed by atoms with Crippen LogP contribution in [0.2, 0.25) is 0 Å². The number of H-pyrrole nitrogens is 1. The lowest BCUT2D eigenvalue weighted by Crippen LogP contribution is -2.26. The Kier molecular flexibility index (Phi) is 6.41. The van der Waals surface area contributed by atoms with E-state index in [4.69, 9.17) is 15.2 Å². The topological polar surface area (TPSA) is 100 Å². The lowest BCUT2D eigenvalue weighted by Gasteiger charge is -2.36. The minimum Gasteiger partial charge on any atom is -0.481 e. The summed E-state index contributed by atoms with van der Waals surface area (Å²) >= 11 is 0. The molecule has 1 aliphatic carbocycles. The van der Waals surface area contributed by atoms with Crippen molar-refractivity contribution in [3.63, 3.8) is 0 Å². The zero-order chi connectivity index (χ0) is 23.8. The summed E-state index contributed by atoms with van der Waals surface area (Å²) in [5.41, 5.74) is 3.12. The van der Waals surface area contributed by atoms with Gasteiger partial charge in [-0.15, -0.1) is 5.10 Å². The molecule has 0 saturated heterocycles. The molecule has 7 nitrogen and oxygen atoms in total. The van der Waals surface area contributed by atoms with Gasteiger partial charge in [0.2, 0.25) is 0 Å². The van der Waals surface area contributed by atoms with Crippen LogP contribution >= 0.6 is 0 Å². The van der Waals surface area contributed by atoms with Crippen LogP contribution in [-0.4, -0.2) is 30.7 Å². The van der Waals surface area contributed by atoms with Crippen molar-refractivity contribution in [2.24, 2.45) is 11.3 Å². The van der Waals surface area contributed by atoms with Crippen molar-refractivity contribution in [2.75, 3.05) is 0 Å². The summed E-state index contributed by atoms with van der Waals surface area (Å²) in [4.78, 5) is 31.9. The molecule has 2 N–H and O–H groups in total. The number of nitrogens with zero attached hydrogens (tertiary/aromatic N) is 3. The van der Waals surface area contributed by atoms with Crippen LogP contribution in [0.5, 0.6) is 0 Å². The van der Waals surface area contributed by atoms with Crippen LogP contribution in [0, 0.1) is 11.3 Å². The summed E-state index contributed by atoms with van der Waals surface area (Å²) in [6.45, 7) is 8.96. The van der Waals surface area contributed by atoms with E-state index in [0.29, 0.717) is 41.4 Å². The predicted octanol–water partition coefficient (Wildman–Crippen LogP) is 4.98. The highest BCUT2D eigenvalue weighted by atomic mass is 16.4. The number of aryl methyl sites for hydroxylation is 2. The average molecular weight is 451 g/mol. The zero-order valence-electron chi connectivity index (χ0n) is 20.0. The minimum absolute atomic E-state index is 0.0647. The van der Waals surface area contributed by atoms with Gasteiger partial charge in [0.1, 0.15) is 5.82 Å². The van der Waals surface area contributed by atoms with Crippen LogP contribution in [0.3, 0.4) is 0 Å². The Morgan fingerprint density at radius 2 is 1.94 bits per heavy atom. The number of nitrogens with one attached hydrogen (secondary N) is 1. The number of fused-ring (bicyclic) bond motifs is 1. The normalized spacial score (nSPS) is 19.2. The maximum Gasteiger partial charge on any atom is 0.303 e. The molecule has 0 amide bonds. The van der Waals surface area contributed by atoms with E-state index < -0.39 is 5.97 Å². The molecule has 1 aromatic carbocycles. The van der Waals surface area contributed by atoms with Gasteiger partial charge in [-0.3, -0.25) is 9.59 Å². The van der Waals surface area contributed by atoms with Crippen LogP contribution in [0.4, 0.5) is 0 Å². The van der Waals surface area contributed by atoms with E-state index in [2.05, 4.69) is 25.8 Å².